The summed E-state index contributed by atoms with van der Waals surface area (Å²) in [4.78, 5) is 3.01. The third-order valence-corrected chi connectivity index (χ3v) is 5.02. The predicted octanol–water partition coefficient (Wildman–Crippen LogP) is 4.31. The molecule has 0 bridgehead atoms. The normalized spacial score (nSPS) is 17.6. The summed E-state index contributed by atoms with van der Waals surface area (Å²) in [6.07, 6.45) is 1.19. The molecule has 72 valence electrons. The average molecular weight is 220 g/mol. The monoisotopic (exact) mass is 220 g/mol. The molecule has 2 aromatic heterocycles. The van der Waals surface area contributed by atoms with Gasteiger partial charge in [0.15, 0.2) is 0 Å². The number of hydrogen-bond donors (Lipinski definition) is 0. The summed E-state index contributed by atoms with van der Waals surface area (Å²) in [6.45, 7) is 4.69. The Morgan fingerprint density at radius 2 is 1.79 bits per heavy atom. The molecule has 1 aliphatic carbocycles. The van der Waals surface area contributed by atoms with Crippen LogP contribution >= 0.6 is 22.7 Å². The molecule has 0 unspecified atom stereocenters. The Morgan fingerprint density at radius 3 is 2.64 bits per heavy atom. The van der Waals surface area contributed by atoms with Crippen LogP contribution in [0.1, 0.15) is 25.0 Å². The lowest BCUT2D eigenvalue weighted by Crippen LogP contribution is -2.23. The van der Waals surface area contributed by atoms with Crippen LogP contribution in [-0.4, -0.2) is 0 Å². The summed E-state index contributed by atoms with van der Waals surface area (Å²) in [6, 6.07) is 4.58. The maximum Gasteiger partial charge on any atom is 0.0482 e. The molecule has 0 fully saturated rings. The topological polar surface area (TPSA) is 0 Å². The molecule has 0 nitrogen and oxygen atoms in total. The van der Waals surface area contributed by atoms with E-state index in [2.05, 4.69) is 36.7 Å². The van der Waals surface area contributed by atoms with Gasteiger partial charge in [-0.2, -0.15) is 0 Å². The second kappa shape index (κ2) is 2.71. The molecule has 2 aromatic rings. The number of rotatable bonds is 0. The lowest BCUT2D eigenvalue weighted by atomic mass is 9.76. The molecule has 2 heterocycles. The van der Waals surface area contributed by atoms with Crippen LogP contribution in [0.15, 0.2) is 22.9 Å². The molecule has 0 aliphatic heterocycles. The van der Waals surface area contributed by atoms with Gasteiger partial charge >= 0.3 is 0 Å². The number of hydrogen-bond acceptors (Lipinski definition) is 2. The van der Waals surface area contributed by atoms with E-state index in [1.165, 1.54) is 27.3 Å². The van der Waals surface area contributed by atoms with Gasteiger partial charge in [-0.1, -0.05) is 13.8 Å². The second-order valence-corrected chi connectivity index (χ2v) is 6.33. The molecule has 0 amide bonds. The van der Waals surface area contributed by atoms with E-state index in [-0.39, 0.29) is 0 Å². The molecule has 1 aliphatic rings. The SMILES string of the molecule is CC1(C)Cc2ccsc2-c2sccc21. The quantitative estimate of drug-likeness (QED) is 0.620. The fourth-order valence-corrected chi connectivity index (χ4v) is 4.48. The van der Waals surface area contributed by atoms with Gasteiger partial charge in [-0.3, -0.25) is 0 Å². The van der Waals surface area contributed by atoms with Crippen molar-refractivity contribution >= 4 is 22.7 Å². The zero-order valence-corrected chi connectivity index (χ0v) is 9.97. The van der Waals surface area contributed by atoms with Crippen molar-refractivity contribution in [2.45, 2.75) is 25.7 Å². The molecule has 0 saturated carbocycles. The Hall–Kier alpha value is -0.600. The van der Waals surface area contributed by atoms with Crippen molar-refractivity contribution in [2.75, 3.05) is 0 Å². The molecule has 0 atom stereocenters. The van der Waals surface area contributed by atoms with E-state index in [4.69, 9.17) is 0 Å². The van der Waals surface area contributed by atoms with Gasteiger partial charge in [-0.05, 0) is 45.9 Å². The summed E-state index contributed by atoms with van der Waals surface area (Å²) in [5, 5.41) is 4.44. The first-order chi connectivity index (χ1) is 6.68. The zero-order chi connectivity index (χ0) is 9.76. The largest absolute Gasteiger partial charge is 0.143 e. The minimum absolute atomic E-state index is 0.323. The summed E-state index contributed by atoms with van der Waals surface area (Å²) < 4.78 is 0. The molecular weight excluding hydrogens is 208 g/mol. The number of fused-ring (bicyclic) bond motifs is 3. The number of thiophene rings is 2. The predicted molar refractivity (Wildman–Crippen MR) is 64.4 cm³/mol. The fourth-order valence-electron chi connectivity index (χ4n) is 2.26. The zero-order valence-electron chi connectivity index (χ0n) is 8.33. The van der Waals surface area contributed by atoms with Crippen LogP contribution in [0, 0.1) is 0 Å². The van der Waals surface area contributed by atoms with Crippen LogP contribution in [0.3, 0.4) is 0 Å². The average Bonchev–Trinajstić information content (AvgIpc) is 2.66. The van der Waals surface area contributed by atoms with E-state index in [9.17, 15) is 0 Å². The maximum atomic E-state index is 2.35. The lowest BCUT2D eigenvalue weighted by molar-refractivity contribution is 0.521. The molecule has 2 heteroatoms. The van der Waals surface area contributed by atoms with Crippen LogP contribution in [0.2, 0.25) is 0 Å². The molecular formula is C12H12S2. The van der Waals surface area contributed by atoms with Crippen molar-refractivity contribution in [1.82, 2.24) is 0 Å². The molecule has 0 spiro atoms. The van der Waals surface area contributed by atoms with E-state index in [0.717, 1.165) is 0 Å². The van der Waals surface area contributed by atoms with E-state index < -0.39 is 0 Å². The first kappa shape index (κ1) is 8.69. The third kappa shape index (κ3) is 1.04. The first-order valence-electron chi connectivity index (χ1n) is 4.83. The molecule has 0 radical (unpaired) electrons. The van der Waals surface area contributed by atoms with Crippen LogP contribution in [0.4, 0.5) is 0 Å². The van der Waals surface area contributed by atoms with E-state index in [1.54, 1.807) is 0 Å². The van der Waals surface area contributed by atoms with Crippen LogP contribution in [0.25, 0.3) is 9.75 Å². The molecule has 0 saturated heterocycles. The first-order valence-corrected chi connectivity index (χ1v) is 6.59. The van der Waals surface area contributed by atoms with Crippen molar-refractivity contribution in [3.8, 4) is 9.75 Å². The van der Waals surface area contributed by atoms with Gasteiger partial charge in [0.25, 0.3) is 0 Å². The minimum atomic E-state index is 0.323. The van der Waals surface area contributed by atoms with Crippen molar-refractivity contribution in [2.24, 2.45) is 0 Å². The van der Waals surface area contributed by atoms with Crippen LogP contribution in [0.5, 0.6) is 0 Å². The van der Waals surface area contributed by atoms with Gasteiger partial charge in [0.05, 0.1) is 0 Å². The van der Waals surface area contributed by atoms with E-state index in [0.29, 0.717) is 5.41 Å². The standard InChI is InChI=1S/C12H12S2/c1-12(2)7-8-3-5-13-10(8)11-9(12)4-6-14-11/h3-6H,7H2,1-2H3. The van der Waals surface area contributed by atoms with Gasteiger partial charge in [-0.25, -0.2) is 0 Å². The Bertz CT molecular complexity index is 474. The van der Waals surface area contributed by atoms with Gasteiger partial charge in [0.2, 0.25) is 0 Å². The summed E-state index contributed by atoms with van der Waals surface area (Å²) in [5.41, 5.74) is 3.40. The summed E-state index contributed by atoms with van der Waals surface area (Å²) >= 11 is 3.77. The molecule has 0 N–H and O–H groups in total. The van der Waals surface area contributed by atoms with Crippen LogP contribution in [-0.2, 0) is 11.8 Å². The highest BCUT2D eigenvalue weighted by Crippen LogP contribution is 2.47. The fraction of sp³-hybridized carbons (Fsp3) is 0.333. The third-order valence-electron chi connectivity index (χ3n) is 2.98. The maximum absolute atomic E-state index is 2.35. The highest BCUT2D eigenvalue weighted by atomic mass is 32.1. The Labute approximate surface area is 92.2 Å². The van der Waals surface area contributed by atoms with Crippen molar-refractivity contribution < 1.29 is 0 Å². The highest BCUT2D eigenvalue weighted by molar-refractivity contribution is 7.20. The molecule has 14 heavy (non-hydrogen) atoms. The van der Waals surface area contributed by atoms with Crippen LogP contribution < -0.4 is 0 Å². The summed E-state index contributed by atoms with van der Waals surface area (Å²) in [5.74, 6) is 0. The summed E-state index contributed by atoms with van der Waals surface area (Å²) in [7, 11) is 0. The van der Waals surface area contributed by atoms with E-state index >= 15 is 0 Å². The van der Waals surface area contributed by atoms with Crippen molar-refractivity contribution in [1.29, 1.82) is 0 Å². The van der Waals surface area contributed by atoms with Gasteiger partial charge < -0.3 is 0 Å². The smallest absolute Gasteiger partial charge is 0.0482 e. The van der Waals surface area contributed by atoms with Gasteiger partial charge in [0.1, 0.15) is 0 Å². The second-order valence-electron chi connectivity index (χ2n) is 4.50. The van der Waals surface area contributed by atoms with Crippen molar-refractivity contribution in [3.05, 3.63) is 34.0 Å². The lowest BCUT2D eigenvalue weighted by Gasteiger charge is -2.29. The Morgan fingerprint density at radius 1 is 1.07 bits per heavy atom. The highest BCUT2D eigenvalue weighted by Gasteiger charge is 2.32. The van der Waals surface area contributed by atoms with E-state index in [1.807, 2.05) is 22.7 Å². The minimum Gasteiger partial charge on any atom is -0.143 e. The van der Waals surface area contributed by atoms with Gasteiger partial charge in [-0.15, -0.1) is 22.7 Å². The van der Waals surface area contributed by atoms with Gasteiger partial charge in [0, 0.05) is 9.75 Å². The molecule has 0 aromatic carbocycles. The van der Waals surface area contributed by atoms with Crippen molar-refractivity contribution in [3.63, 3.8) is 0 Å². The Balaban J connectivity index is 2.32. The Kier molecular flexibility index (Phi) is 1.68. The molecule has 3 rings (SSSR count).